The summed E-state index contributed by atoms with van der Waals surface area (Å²) in [5.74, 6) is 0.312. The molecule has 194 valence electrons. The summed E-state index contributed by atoms with van der Waals surface area (Å²) in [5.41, 5.74) is 1.49. The van der Waals surface area contributed by atoms with Gasteiger partial charge in [0.2, 0.25) is 5.91 Å². The van der Waals surface area contributed by atoms with E-state index < -0.39 is 5.66 Å². The Bertz CT molecular complexity index is 1080. The molecule has 2 saturated carbocycles. The standard InChI is InChI=1S/C29H37ClFN3O2/c1-19-16-21(30)12-15-26(19)36-18-29(33-24-14-13-22(31)17-25(24)34-29)27(20-8-4-2-5-9-20)28(35)32-23-10-6-3-7-11-23/h12-17,20,23,27,33-34H,2-11,18H2,1H3,(H,32,35). The van der Waals surface area contributed by atoms with Crippen LogP contribution in [0.25, 0.3) is 0 Å². The van der Waals surface area contributed by atoms with Crippen molar-refractivity contribution in [1.29, 1.82) is 0 Å². The topological polar surface area (TPSA) is 62.4 Å². The number of carbonyl (C=O) groups is 1. The van der Waals surface area contributed by atoms with Gasteiger partial charge in [0.05, 0.1) is 17.3 Å². The highest BCUT2D eigenvalue weighted by molar-refractivity contribution is 6.30. The van der Waals surface area contributed by atoms with Crippen LogP contribution in [0.15, 0.2) is 36.4 Å². The first-order valence-corrected chi connectivity index (χ1v) is 13.9. The fourth-order valence-electron chi connectivity index (χ4n) is 6.37. The second-order valence-corrected chi connectivity index (χ2v) is 11.3. The number of halogens is 2. The lowest BCUT2D eigenvalue weighted by atomic mass is 9.73. The zero-order valence-electron chi connectivity index (χ0n) is 21.0. The van der Waals surface area contributed by atoms with Crippen LogP contribution in [0, 0.1) is 24.6 Å². The van der Waals surface area contributed by atoms with Crippen molar-refractivity contribution >= 4 is 28.9 Å². The summed E-state index contributed by atoms with van der Waals surface area (Å²) >= 11 is 6.16. The van der Waals surface area contributed by atoms with Gasteiger partial charge in [0.15, 0.2) is 5.66 Å². The monoisotopic (exact) mass is 513 g/mol. The van der Waals surface area contributed by atoms with Gasteiger partial charge in [-0.2, -0.15) is 0 Å². The highest BCUT2D eigenvalue weighted by Gasteiger charge is 2.51. The van der Waals surface area contributed by atoms with E-state index >= 15 is 0 Å². The second kappa shape index (κ2) is 10.9. The highest BCUT2D eigenvalue weighted by Crippen LogP contribution is 2.44. The number of nitrogens with one attached hydrogen (secondary N) is 3. The number of amides is 1. The van der Waals surface area contributed by atoms with Crippen LogP contribution < -0.4 is 20.7 Å². The molecule has 36 heavy (non-hydrogen) atoms. The minimum Gasteiger partial charge on any atom is -0.489 e. The molecule has 5 nitrogen and oxygen atoms in total. The van der Waals surface area contributed by atoms with Gasteiger partial charge in [0.1, 0.15) is 18.2 Å². The van der Waals surface area contributed by atoms with Gasteiger partial charge in [0, 0.05) is 11.1 Å². The Balaban J connectivity index is 1.48. The molecular formula is C29H37ClFN3O2. The maximum atomic E-state index is 14.2. The predicted molar refractivity (Wildman–Crippen MR) is 143 cm³/mol. The lowest BCUT2D eigenvalue weighted by Gasteiger charge is -2.43. The van der Waals surface area contributed by atoms with E-state index in [9.17, 15) is 9.18 Å². The number of ether oxygens (including phenoxy) is 1. The Hall–Kier alpha value is -2.47. The zero-order valence-corrected chi connectivity index (χ0v) is 21.8. The van der Waals surface area contributed by atoms with Crippen LogP contribution in [0.3, 0.4) is 0 Å². The SMILES string of the molecule is Cc1cc(Cl)ccc1OCC1(C(C(=O)NC2CCCCC2)C2CCCCC2)Nc2ccc(F)cc2N1. The van der Waals surface area contributed by atoms with Crippen LogP contribution in [-0.4, -0.2) is 24.2 Å². The molecule has 2 fully saturated rings. The molecule has 2 aromatic rings. The van der Waals surface area contributed by atoms with E-state index in [0.717, 1.165) is 68.4 Å². The molecule has 3 aliphatic rings. The number of fused-ring (bicyclic) bond motifs is 1. The molecule has 2 aliphatic carbocycles. The van der Waals surface area contributed by atoms with Crippen molar-refractivity contribution in [2.24, 2.45) is 11.8 Å². The molecule has 1 heterocycles. The Morgan fingerprint density at radius 2 is 1.72 bits per heavy atom. The van der Waals surface area contributed by atoms with Gasteiger partial charge in [-0.3, -0.25) is 4.79 Å². The molecule has 5 rings (SSSR count). The fraction of sp³-hybridized carbons (Fsp3) is 0.552. The molecule has 2 atom stereocenters. The number of hydrogen-bond acceptors (Lipinski definition) is 4. The van der Waals surface area contributed by atoms with Crippen LogP contribution in [0.2, 0.25) is 5.02 Å². The van der Waals surface area contributed by atoms with E-state index in [0.29, 0.717) is 10.7 Å². The van der Waals surface area contributed by atoms with E-state index in [-0.39, 0.29) is 36.2 Å². The summed E-state index contributed by atoms with van der Waals surface area (Å²) in [6.07, 6.45) is 11.0. The Kier molecular flexibility index (Phi) is 7.61. The number of hydrogen-bond donors (Lipinski definition) is 3. The molecule has 1 aliphatic heterocycles. The van der Waals surface area contributed by atoms with Crippen molar-refractivity contribution in [3.63, 3.8) is 0 Å². The van der Waals surface area contributed by atoms with Crippen molar-refractivity contribution in [3.05, 3.63) is 52.8 Å². The third-order valence-corrected chi connectivity index (χ3v) is 8.41. The predicted octanol–water partition coefficient (Wildman–Crippen LogP) is 7.05. The van der Waals surface area contributed by atoms with E-state index in [1.807, 2.05) is 25.1 Å². The zero-order chi connectivity index (χ0) is 25.1. The minimum atomic E-state index is -0.900. The Morgan fingerprint density at radius 3 is 2.44 bits per heavy atom. The molecule has 0 saturated heterocycles. The summed E-state index contributed by atoms with van der Waals surface area (Å²) in [5, 5.41) is 11.2. The maximum Gasteiger partial charge on any atom is 0.228 e. The molecule has 0 aromatic heterocycles. The van der Waals surface area contributed by atoms with Crippen molar-refractivity contribution in [1.82, 2.24) is 5.32 Å². The third kappa shape index (κ3) is 5.44. The average Bonchev–Trinajstić information content (AvgIpc) is 3.23. The summed E-state index contributed by atoms with van der Waals surface area (Å²) in [6.45, 7) is 2.17. The van der Waals surface area contributed by atoms with Gasteiger partial charge in [0.25, 0.3) is 0 Å². The largest absolute Gasteiger partial charge is 0.489 e. The van der Waals surface area contributed by atoms with E-state index in [2.05, 4.69) is 16.0 Å². The molecule has 3 N–H and O–H groups in total. The van der Waals surface area contributed by atoms with Gasteiger partial charge in [-0.05, 0) is 80.5 Å². The van der Waals surface area contributed by atoms with Crippen molar-refractivity contribution in [2.75, 3.05) is 17.2 Å². The molecule has 2 unspecified atom stereocenters. The number of aryl methyl sites for hydroxylation is 1. The third-order valence-electron chi connectivity index (χ3n) is 8.18. The molecular weight excluding hydrogens is 477 g/mol. The van der Waals surface area contributed by atoms with Crippen LogP contribution >= 0.6 is 11.6 Å². The number of anilines is 2. The summed E-state index contributed by atoms with van der Waals surface area (Å²) in [6, 6.07) is 10.5. The van der Waals surface area contributed by atoms with Crippen LogP contribution in [0.1, 0.15) is 69.8 Å². The molecule has 2 aromatic carbocycles. The van der Waals surface area contributed by atoms with Crippen molar-refractivity contribution in [2.45, 2.75) is 82.8 Å². The molecule has 0 spiro atoms. The van der Waals surface area contributed by atoms with Crippen molar-refractivity contribution in [3.8, 4) is 5.75 Å². The summed E-state index contributed by atoms with van der Waals surface area (Å²) in [4.78, 5) is 14.1. The normalized spacial score (nSPS) is 23.3. The van der Waals surface area contributed by atoms with Gasteiger partial charge >= 0.3 is 0 Å². The summed E-state index contributed by atoms with van der Waals surface area (Å²) < 4.78 is 20.6. The van der Waals surface area contributed by atoms with Crippen LogP contribution in [0.4, 0.5) is 15.8 Å². The Morgan fingerprint density at radius 1 is 1.03 bits per heavy atom. The molecule has 0 radical (unpaired) electrons. The number of rotatable bonds is 7. The van der Waals surface area contributed by atoms with Crippen molar-refractivity contribution < 1.29 is 13.9 Å². The second-order valence-electron chi connectivity index (χ2n) is 10.8. The smallest absolute Gasteiger partial charge is 0.228 e. The lowest BCUT2D eigenvalue weighted by molar-refractivity contribution is -0.130. The molecule has 1 amide bonds. The maximum absolute atomic E-state index is 14.2. The van der Waals surface area contributed by atoms with E-state index in [1.54, 1.807) is 6.07 Å². The average molecular weight is 514 g/mol. The first kappa shape index (κ1) is 25.2. The highest BCUT2D eigenvalue weighted by atomic mass is 35.5. The van der Waals surface area contributed by atoms with Gasteiger partial charge in [-0.15, -0.1) is 0 Å². The van der Waals surface area contributed by atoms with Gasteiger partial charge in [-0.1, -0.05) is 50.1 Å². The molecule has 0 bridgehead atoms. The number of benzene rings is 2. The fourth-order valence-corrected chi connectivity index (χ4v) is 6.60. The van der Waals surface area contributed by atoms with Gasteiger partial charge in [-0.25, -0.2) is 4.39 Å². The lowest BCUT2D eigenvalue weighted by Crippen LogP contribution is -2.61. The first-order valence-electron chi connectivity index (χ1n) is 13.5. The minimum absolute atomic E-state index is 0.0681. The van der Waals surface area contributed by atoms with Crippen LogP contribution in [0.5, 0.6) is 5.75 Å². The Labute approximate surface area is 218 Å². The summed E-state index contributed by atoms with van der Waals surface area (Å²) in [7, 11) is 0. The number of carbonyl (C=O) groups excluding carboxylic acids is 1. The van der Waals surface area contributed by atoms with E-state index in [1.165, 1.54) is 25.0 Å². The molecule has 7 heteroatoms. The quantitative estimate of drug-likeness (QED) is 0.371. The van der Waals surface area contributed by atoms with Crippen LogP contribution in [-0.2, 0) is 4.79 Å². The van der Waals surface area contributed by atoms with Gasteiger partial charge < -0.3 is 20.7 Å². The van der Waals surface area contributed by atoms with E-state index in [4.69, 9.17) is 16.3 Å². The first-order chi connectivity index (χ1) is 17.4.